The summed E-state index contributed by atoms with van der Waals surface area (Å²) in [7, 11) is 0. The molecule has 5 rings (SSSR count). The minimum Gasteiger partial charge on any atom is -0.369 e. The Kier molecular flexibility index (Phi) is 11.8. The van der Waals surface area contributed by atoms with Crippen molar-refractivity contribution in [3.63, 3.8) is 0 Å². The van der Waals surface area contributed by atoms with Crippen LogP contribution >= 0.6 is 0 Å². The highest BCUT2D eigenvalue weighted by molar-refractivity contribution is 5.46. The minimum atomic E-state index is 0.875. The third kappa shape index (κ3) is 9.71. The smallest absolute Gasteiger partial charge is 0.0367 e. The predicted molar refractivity (Wildman–Crippen MR) is 177 cm³/mol. The molecule has 0 atom stereocenters. The fraction of sp³-hybridized carbons (Fsp3) is 0.333. The number of rotatable bonds is 2. The first-order valence-corrected chi connectivity index (χ1v) is 15.4. The molecule has 6 nitrogen and oxygen atoms in total. The van der Waals surface area contributed by atoms with Gasteiger partial charge < -0.3 is 31.1 Å². The van der Waals surface area contributed by atoms with E-state index >= 15 is 0 Å². The van der Waals surface area contributed by atoms with E-state index in [1.54, 1.807) is 0 Å². The van der Waals surface area contributed by atoms with Gasteiger partial charge >= 0.3 is 0 Å². The monoisotopic (exact) mass is 562 g/mol. The molecule has 0 unspecified atom stereocenters. The van der Waals surface area contributed by atoms with E-state index in [0.29, 0.717) is 0 Å². The van der Waals surface area contributed by atoms with E-state index in [-0.39, 0.29) is 0 Å². The fourth-order valence-electron chi connectivity index (χ4n) is 5.50. The molecule has 0 saturated carbocycles. The lowest BCUT2D eigenvalue weighted by Gasteiger charge is -2.26. The van der Waals surface area contributed by atoms with Gasteiger partial charge in [0.15, 0.2) is 0 Å². The van der Waals surface area contributed by atoms with Crippen LogP contribution in [0.4, 0.5) is 11.4 Å². The molecular weight excluding hydrogens is 516 g/mol. The van der Waals surface area contributed by atoms with Crippen LogP contribution in [-0.2, 0) is 26.2 Å². The van der Waals surface area contributed by atoms with Gasteiger partial charge in [-0.3, -0.25) is 0 Å². The van der Waals surface area contributed by atoms with Crippen LogP contribution < -0.4 is 31.1 Å². The molecular formula is C36H46N6. The Hall–Kier alpha value is -3.68. The highest BCUT2D eigenvalue weighted by Gasteiger charge is 2.08. The van der Waals surface area contributed by atoms with Crippen molar-refractivity contribution in [1.29, 1.82) is 0 Å². The van der Waals surface area contributed by atoms with Crippen molar-refractivity contribution in [2.45, 2.75) is 26.2 Å². The summed E-state index contributed by atoms with van der Waals surface area (Å²) in [5, 5.41) is 14.7. The molecule has 1 aliphatic rings. The Labute approximate surface area is 252 Å². The summed E-state index contributed by atoms with van der Waals surface area (Å²) in [6.45, 7) is 11.1. The second-order valence-electron chi connectivity index (χ2n) is 11.0. The van der Waals surface area contributed by atoms with Gasteiger partial charge in [-0.2, -0.15) is 0 Å². The first kappa shape index (κ1) is 29.8. The van der Waals surface area contributed by atoms with Crippen LogP contribution in [0.2, 0.25) is 0 Å². The fourth-order valence-corrected chi connectivity index (χ4v) is 5.50. The normalized spacial score (nSPS) is 16.9. The molecule has 0 aliphatic carbocycles. The Balaban J connectivity index is 1.24. The molecule has 4 aromatic carbocycles. The van der Waals surface area contributed by atoms with E-state index in [4.69, 9.17) is 0 Å². The van der Waals surface area contributed by atoms with E-state index in [2.05, 4.69) is 140 Å². The first-order valence-electron chi connectivity index (χ1n) is 15.4. The van der Waals surface area contributed by atoms with E-state index in [0.717, 1.165) is 78.5 Å². The van der Waals surface area contributed by atoms with E-state index < -0.39 is 0 Å². The number of fused-ring (bicyclic) bond motifs is 4. The number of benzene rings is 4. The average molecular weight is 563 g/mol. The maximum Gasteiger partial charge on any atom is 0.0367 e. The molecule has 0 fully saturated rings. The number of anilines is 2. The van der Waals surface area contributed by atoms with Gasteiger partial charge in [-0.1, -0.05) is 84.9 Å². The van der Waals surface area contributed by atoms with Gasteiger partial charge in [0.2, 0.25) is 0 Å². The van der Waals surface area contributed by atoms with Gasteiger partial charge in [-0.15, -0.1) is 0 Å². The molecule has 1 heterocycles. The van der Waals surface area contributed by atoms with E-state index in [1.807, 2.05) is 0 Å². The second kappa shape index (κ2) is 16.7. The van der Waals surface area contributed by atoms with Crippen molar-refractivity contribution >= 4 is 11.4 Å². The third-order valence-corrected chi connectivity index (χ3v) is 7.78. The molecule has 0 saturated heterocycles. The largest absolute Gasteiger partial charge is 0.369 e. The Bertz CT molecular complexity index is 1160. The standard InChI is InChI=1S/C36H46N6/c1-3-13-35(14-4-1)41-21-17-37-27-31-9-7-11-33(25-31)29-39-19-23-42(36-15-5-2-6-16-36)24-20-40-30-34-12-8-10-32(26-34)28-38-18-22-41/h1-16,25-26,37-40H,17-24,27-30H2. The Morgan fingerprint density at radius 2 is 0.667 bits per heavy atom. The van der Waals surface area contributed by atoms with Crippen molar-refractivity contribution in [2.24, 2.45) is 0 Å². The van der Waals surface area contributed by atoms with Crippen LogP contribution in [-0.4, -0.2) is 52.4 Å². The predicted octanol–water partition coefficient (Wildman–Crippen LogP) is 4.77. The highest BCUT2D eigenvalue weighted by Crippen LogP contribution is 2.14. The third-order valence-electron chi connectivity index (χ3n) is 7.78. The number of hydrogen-bond donors (Lipinski definition) is 4. The van der Waals surface area contributed by atoms with E-state index in [1.165, 1.54) is 33.6 Å². The zero-order chi connectivity index (χ0) is 28.7. The van der Waals surface area contributed by atoms with Gasteiger partial charge in [-0.05, 0) is 46.5 Å². The van der Waals surface area contributed by atoms with Crippen molar-refractivity contribution < 1.29 is 0 Å². The highest BCUT2D eigenvalue weighted by atomic mass is 15.2. The number of para-hydroxylation sites is 2. The van der Waals surface area contributed by atoms with Crippen LogP contribution in [0.3, 0.4) is 0 Å². The van der Waals surface area contributed by atoms with Gasteiger partial charge in [-0.25, -0.2) is 0 Å². The number of nitrogens with one attached hydrogen (secondary N) is 4. The van der Waals surface area contributed by atoms with Crippen molar-refractivity contribution in [2.75, 3.05) is 62.2 Å². The van der Waals surface area contributed by atoms with Crippen LogP contribution in [0.25, 0.3) is 0 Å². The SMILES string of the molecule is c1ccc(N2CCNCc3cccc(c3)CNCCN(c3ccccc3)CCNCc3cccc(c3)CNCC2)cc1. The Morgan fingerprint density at radius 1 is 0.357 bits per heavy atom. The topological polar surface area (TPSA) is 54.6 Å². The summed E-state index contributed by atoms with van der Waals surface area (Å²) in [6.07, 6.45) is 0. The summed E-state index contributed by atoms with van der Waals surface area (Å²) in [6, 6.07) is 39.4. The van der Waals surface area contributed by atoms with Crippen molar-refractivity contribution in [3.05, 3.63) is 131 Å². The zero-order valence-electron chi connectivity index (χ0n) is 24.8. The second-order valence-corrected chi connectivity index (χ2v) is 11.0. The molecule has 220 valence electrons. The van der Waals surface area contributed by atoms with Crippen LogP contribution in [0.5, 0.6) is 0 Å². The van der Waals surface area contributed by atoms with Crippen LogP contribution in [0.1, 0.15) is 22.3 Å². The van der Waals surface area contributed by atoms with Gasteiger partial charge in [0.05, 0.1) is 0 Å². The van der Waals surface area contributed by atoms with Crippen LogP contribution in [0.15, 0.2) is 109 Å². The molecule has 1 aliphatic heterocycles. The average Bonchev–Trinajstić information content (AvgIpc) is 3.04. The number of hydrogen-bond acceptors (Lipinski definition) is 6. The lowest BCUT2D eigenvalue weighted by Crippen LogP contribution is -2.37. The summed E-state index contributed by atoms with van der Waals surface area (Å²) < 4.78 is 0. The summed E-state index contributed by atoms with van der Waals surface area (Å²) in [4.78, 5) is 4.94. The van der Waals surface area contributed by atoms with Gasteiger partial charge in [0.1, 0.15) is 0 Å². The molecule has 0 spiro atoms. The first-order chi connectivity index (χ1) is 20.8. The zero-order valence-corrected chi connectivity index (χ0v) is 24.8. The molecule has 0 radical (unpaired) electrons. The molecule has 0 aromatic heterocycles. The Morgan fingerprint density at radius 3 is 0.976 bits per heavy atom. The molecule has 6 heteroatoms. The van der Waals surface area contributed by atoms with Crippen molar-refractivity contribution in [3.8, 4) is 0 Å². The maximum absolute atomic E-state index is 3.68. The summed E-state index contributed by atoms with van der Waals surface area (Å²) >= 11 is 0. The molecule has 4 bridgehead atoms. The molecule has 4 aromatic rings. The van der Waals surface area contributed by atoms with E-state index in [9.17, 15) is 0 Å². The van der Waals surface area contributed by atoms with Gasteiger partial charge in [0.25, 0.3) is 0 Å². The van der Waals surface area contributed by atoms with Crippen molar-refractivity contribution in [1.82, 2.24) is 21.3 Å². The molecule has 0 amide bonds. The molecule has 42 heavy (non-hydrogen) atoms. The molecule has 4 N–H and O–H groups in total. The quantitative estimate of drug-likeness (QED) is 0.283. The van der Waals surface area contributed by atoms with Gasteiger partial charge in [0, 0.05) is 89.9 Å². The number of nitrogens with zero attached hydrogens (tertiary/aromatic N) is 2. The minimum absolute atomic E-state index is 0.875. The maximum atomic E-state index is 3.68. The van der Waals surface area contributed by atoms with Crippen LogP contribution in [0, 0.1) is 0 Å². The lowest BCUT2D eigenvalue weighted by atomic mass is 10.1. The summed E-state index contributed by atoms with van der Waals surface area (Å²) in [5.41, 5.74) is 7.86. The lowest BCUT2D eigenvalue weighted by molar-refractivity contribution is 0.618. The summed E-state index contributed by atoms with van der Waals surface area (Å²) in [5.74, 6) is 0.